The first-order chi connectivity index (χ1) is 19.7. The van der Waals surface area contributed by atoms with E-state index in [2.05, 4.69) is 83.5 Å². The van der Waals surface area contributed by atoms with Gasteiger partial charge in [-0.25, -0.2) is 23.7 Å². The number of ether oxygens (including phenoxy) is 1. The molecule has 0 aliphatic carbocycles. The molecule has 2 unspecified atom stereocenters. The SMILES string of the molecule is Nc1ncnc2c1c(C#C[c-]1[c-][c-][c-][c-]1)cn2[C@H]1C[C@H](O)[C@@H](COP(=O)(O)OP(=O)(O)OP(=O)(O)O)O1.[Fe].[c-]1[c-][c-][cH-][c-]1. The van der Waals surface area contributed by atoms with E-state index in [1.54, 1.807) is 12.3 Å². The van der Waals surface area contributed by atoms with Gasteiger partial charge in [-0.05, 0) is 6.20 Å². The number of aromatic nitrogens is 3. The number of fused-ring (bicyclic) bond motifs is 1. The quantitative estimate of drug-likeness (QED) is 0.0652. The van der Waals surface area contributed by atoms with Crippen LogP contribution < -0.4 is 5.73 Å². The molecule has 5 rings (SSSR count). The van der Waals surface area contributed by atoms with E-state index < -0.39 is 48.5 Å². The Bertz CT molecular complexity index is 1680. The molecule has 43 heavy (non-hydrogen) atoms. The summed E-state index contributed by atoms with van der Waals surface area (Å²) in [6.45, 7) is -0.819. The Hall–Kier alpha value is -2.47. The molecule has 2 aromatic heterocycles. The van der Waals surface area contributed by atoms with Crippen LogP contribution in [0, 0.1) is 60.4 Å². The predicted octanol–water partition coefficient (Wildman–Crippen LogP) is 0.928. The minimum atomic E-state index is -5.68. The molecule has 234 valence electrons. The van der Waals surface area contributed by atoms with Gasteiger partial charge in [-0.3, -0.25) is 4.52 Å². The number of nitrogens with two attached hydrogens (primary N) is 1. The van der Waals surface area contributed by atoms with Crippen LogP contribution in [-0.2, 0) is 48.6 Å². The second-order valence-corrected chi connectivity index (χ2v) is 12.5. The second kappa shape index (κ2) is 14.5. The number of hydrogen-bond donors (Lipinski definition) is 6. The normalized spacial score (nSPS) is 21.0. The monoisotopic (exact) mass is 690 g/mol. The Labute approximate surface area is 255 Å². The summed E-state index contributed by atoms with van der Waals surface area (Å²) in [5.74, 6) is 5.85. The van der Waals surface area contributed by atoms with Crippen molar-refractivity contribution in [2.24, 2.45) is 0 Å². The molecule has 0 spiro atoms. The summed E-state index contributed by atoms with van der Waals surface area (Å²) in [6, 6.07) is 22.6. The van der Waals surface area contributed by atoms with Crippen molar-refractivity contribution in [3.05, 3.63) is 78.2 Å². The Morgan fingerprint density at radius 3 is 2.37 bits per heavy atom. The van der Waals surface area contributed by atoms with Crippen molar-refractivity contribution in [2.75, 3.05) is 12.3 Å². The number of nitrogens with zero attached hydrogens (tertiary/aromatic N) is 3. The summed E-state index contributed by atoms with van der Waals surface area (Å²) in [4.78, 5) is 44.2. The minimum absolute atomic E-state index is 0. The molecule has 3 heterocycles. The van der Waals surface area contributed by atoms with Crippen molar-refractivity contribution < 1.29 is 73.3 Å². The molecule has 20 heteroatoms. The Kier molecular flexibility index (Phi) is 11.8. The maximum absolute atomic E-state index is 12.0. The largest absolute Gasteiger partial charge is 0.999 e. The van der Waals surface area contributed by atoms with Crippen molar-refractivity contribution in [1.29, 1.82) is 0 Å². The molecule has 2 aromatic carbocycles. The maximum atomic E-state index is 12.0. The van der Waals surface area contributed by atoms with E-state index in [9.17, 15) is 28.6 Å². The summed E-state index contributed by atoms with van der Waals surface area (Å²) in [5.41, 5.74) is 7.16. The van der Waals surface area contributed by atoms with Crippen LogP contribution in [0.3, 0.4) is 0 Å². The van der Waals surface area contributed by atoms with Crippen molar-refractivity contribution in [1.82, 2.24) is 14.5 Å². The third kappa shape index (κ3) is 10.0. The van der Waals surface area contributed by atoms with Crippen molar-refractivity contribution in [3.8, 4) is 11.8 Å². The molecule has 5 atom stereocenters. The van der Waals surface area contributed by atoms with Crippen LogP contribution in [0.5, 0.6) is 0 Å². The maximum Gasteiger partial charge on any atom is 0.490 e. The first-order valence-electron chi connectivity index (χ1n) is 11.2. The smallest absolute Gasteiger partial charge is 0.490 e. The summed E-state index contributed by atoms with van der Waals surface area (Å²) >= 11 is 0. The number of aliphatic hydroxyl groups is 1. The first-order valence-corrected chi connectivity index (χ1v) is 15.7. The van der Waals surface area contributed by atoms with E-state index in [1.165, 1.54) is 10.9 Å². The number of nitrogen functional groups attached to an aromatic ring is 1. The fourth-order valence-electron chi connectivity index (χ4n) is 3.52. The van der Waals surface area contributed by atoms with Crippen molar-refractivity contribution >= 4 is 40.3 Å². The molecular weight excluding hydrogens is 673 g/mol. The molecule has 4 aromatic rings. The molecule has 0 saturated carbocycles. The van der Waals surface area contributed by atoms with E-state index in [1.807, 2.05) is 0 Å². The predicted molar refractivity (Wildman–Crippen MR) is 137 cm³/mol. The van der Waals surface area contributed by atoms with Crippen LogP contribution >= 0.6 is 23.5 Å². The van der Waals surface area contributed by atoms with E-state index in [4.69, 9.17) is 20.3 Å². The summed E-state index contributed by atoms with van der Waals surface area (Å²) in [7, 11) is -16.6. The van der Waals surface area contributed by atoms with Crippen LogP contribution in [-0.4, -0.2) is 58.0 Å². The summed E-state index contributed by atoms with van der Waals surface area (Å²) in [5, 5.41) is 10.8. The van der Waals surface area contributed by atoms with Gasteiger partial charge in [-0.1, -0.05) is 0 Å². The Balaban J connectivity index is 0.000000765. The van der Waals surface area contributed by atoms with Gasteiger partial charge in [0.05, 0.1) is 12.7 Å². The molecule has 0 amide bonds. The van der Waals surface area contributed by atoms with Crippen LogP contribution in [0.15, 0.2) is 18.6 Å². The third-order valence-electron chi connectivity index (χ3n) is 5.08. The molecule has 16 nitrogen and oxygen atoms in total. The standard InChI is InChI=1S/C18H16N4O12P3.C5H.Fe/c19-17-16-12(6-5-11-3-1-2-4-11)8-22(18(16)21-10-20-17)15-7-13(23)14(32-15)9-31-36(27,28)34-37(29,30)33-35(24,25)26;1-2-4-5-3-1;/h8,10,13-15,23H,7,9H2,(H,27,28)(H,29,30)(H2,19,20,21)(H2,24,25,26);1H;/q2*-5;/t13-,14+,15+;;/m0../s1. The number of anilines is 1. The van der Waals surface area contributed by atoms with E-state index >= 15 is 0 Å². The number of hydrogen-bond acceptors (Lipinski definition) is 11. The van der Waals surface area contributed by atoms with Gasteiger partial charge in [-0.2, -0.15) is 8.62 Å². The second-order valence-electron chi connectivity index (χ2n) is 8.03. The van der Waals surface area contributed by atoms with Gasteiger partial charge in [0.1, 0.15) is 30.1 Å². The Morgan fingerprint density at radius 2 is 1.77 bits per heavy atom. The molecule has 7 N–H and O–H groups in total. The molecule has 1 saturated heterocycles. The first kappa shape index (κ1) is 35.0. The minimum Gasteiger partial charge on any atom is -0.999 e. The average molecular weight is 690 g/mol. The van der Waals surface area contributed by atoms with E-state index in [-0.39, 0.29) is 29.3 Å². The van der Waals surface area contributed by atoms with Crippen LogP contribution in [0.1, 0.15) is 23.8 Å². The zero-order valence-electron chi connectivity index (χ0n) is 21.1. The van der Waals surface area contributed by atoms with E-state index in [0.717, 1.165) is 0 Å². The van der Waals surface area contributed by atoms with Gasteiger partial charge in [0.25, 0.3) is 0 Å². The topological polar surface area (TPSA) is 246 Å². The van der Waals surface area contributed by atoms with Crippen molar-refractivity contribution in [2.45, 2.75) is 24.9 Å². The molecule has 0 radical (unpaired) electrons. The molecule has 1 fully saturated rings. The number of phosphoric ester groups is 1. The zero-order chi connectivity index (χ0) is 30.5. The number of rotatable bonds is 8. The molecule has 0 bridgehead atoms. The Morgan fingerprint density at radius 1 is 1.09 bits per heavy atom. The molecular formula is C23H17FeN4O12P3-10. The fraction of sp³-hybridized carbons (Fsp3) is 0.217. The zero-order valence-corrected chi connectivity index (χ0v) is 24.9. The third-order valence-corrected chi connectivity index (χ3v) is 8.88. The number of aliphatic hydroxyl groups excluding tert-OH is 1. The van der Waals surface area contributed by atoms with Crippen molar-refractivity contribution in [3.63, 3.8) is 0 Å². The van der Waals surface area contributed by atoms with E-state index in [0.29, 0.717) is 22.2 Å². The van der Waals surface area contributed by atoms with Crippen LogP contribution in [0.25, 0.3) is 11.0 Å². The molecule has 1 aliphatic heterocycles. The average Bonchev–Trinajstić information content (AvgIpc) is 3.68. The fourth-order valence-corrected chi connectivity index (χ4v) is 6.55. The van der Waals surface area contributed by atoms with Crippen LogP contribution in [0.2, 0.25) is 0 Å². The van der Waals surface area contributed by atoms with Crippen LogP contribution in [0.4, 0.5) is 5.82 Å². The van der Waals surface area contributed by atoms with Gasteiger partial charge in [-0.15, -0.1) is 5.56 Å². The number of phosphoric acid groups is 3. The molecule has 1 aliphatic rings. The summed E-state index contributed by atoms with van der Waals surface area (Å²) < 4.78 is 53.2. The van der Waals surface area contributed by atoms with Gasteiger partial charge < -0.3 is 112 Å². The van der Waals surface area contributed by atoms with Gasteiger partial charge in [0.15, 0.2) is 0 Å². The summed E-state index contributed by atoms with van der Waals surface area (Å²) in [6.07, 6.45) is -0.633. The van der Waals surface area contributed by atoms with Gasteiger partial charge in [0.2, 0.25) is 0 Å². The van der Waals surface area contributed by atoms with Gasteiger partial charge in [0, 0.05) is 28.9 Å². The van der Waals surface area contributed by atoms with Gasteiger partial charge >= 0.3 is 23.5 Å².